The topological polar surface area (TPSA) is 75.3 Å². The van der Waals surface area contributed by atoms with Crippen LogP contribution in [0.4, 0.5) is 4.39 Å². The molecule has 0 spiro atoms. The quantitative estimate of drug-likeness (QED) is 0.862. The third kappa shape index (κ3) is 3.60. The van der Waals surface area contributed by atoms with Crippen LogP contribution in [0.3, 0.4) is 0 Å². The van der Waals surface area contributed by atoms with Crippen LogP contribution in [-0.2, 0) is 21.2 Å². The van der Waals surface area contributed by atoms with Gasteiger partial charge in [0.1, 0.15) is 10.0 Å². The molecule has 1 heterocycles. The van der Waals surface area contributed by atoms with Crippen molar-refractivity contribution in [1.29, 1.82) is 0 Å². The van der Waals surface area contributed by atoms with Gasteiger partial charge < -0.3 is 5.32 Å². The molecule has 2 N–H and O–H groups in total. The number of hydrogen-bond donors (Lipinski definition) is 2. The second-order valence-electron chi connectivity index (χ2n) is 5.26. The van der Waals surface area contributed by atoms with Crippen LogP contribution in [0.1, 0.15) is 23.6 Å². The van der Waals surface area contributed by atoms with Crippen molar-refractivity contribution in [2.75, 3.05) is 6.54 Å². The van der Waals surface area contributed by atoms with Crippen molar-refractivity contribution < 1.29 is 17.6 Å². The van der Waals surface area contributed by atoms with E-state index in [1.165, 1.54) is 18.2 Å². The maximum Gasteiger partial charge on any atom is 0.250 e. The van der Waals surface area contributed by atoms with Crippen molar-refractivity contribution >= 4 is 27.3 Å². The molecule has 0 fully saturated rings. The average Bonchev–Trinajstić information content (AvgIpc) is 3.16. The monoisotopic (exact) mass is 354 g/mol. The Labute approximate surface area is 137 Å². The molecule has 1 atom stereocenters. The number of halogens is 1. The molecule has 0 saturated carbocycles. The van der Waals surface area contributed by atoms with Gasteiger partial charge in [0.05, 0.1) is 12.6 Å². The number of rotatable bonds is 5. The first-order valence-corrected chi connectivity index (χ1v) is 9.43. The normalized spacial score (nSPS) is 17.0. The zero-order valence-electron chi connectivity index (χ0n) is 12.1. The fourth-order valence-corrected chi connectivity index (χ4v) is 4.65. The Hall–Kier alpha value is -1.77. The molecule has 23 heavy (non-hydrogen) atoms. The summed E-state index contributed by atoms with van der Waals surface area (Å²) in [5.74, 6) is -0.702. The predicted molar refractivity (Wildman–Crippen MR) is 85.1 cm³/mol. The van der Waals surface area contributed by atoms with Crippen molar-refractivity contribution in [3.63, 3.8) is 0 Å². The number of sulfonamides is 1. The minimum atomic E-state index is -3.65. The van der Waals surface area contributed by atoms with E-state index in [2.05, 4.69) is 10.0 Å². The van der Waals surface area contributed by atoms with E-state index in [4.69, 9.17) is 0 Å². The maximum atomic E-state index is 13.2. The Kier molecular flexibility index (Phi) is 4.47. The molecular formula is C15H15FN2O3S2. The third-order valence-corrected chi connectivity index (χ3v) is 6.50. The van der Waals surface area contributed by atoms with Crippen molar-refractivity contribution in [3.05, 3.63) is 52.7 Å². The number of carbonyl (C=O) groups excluding carboxylic acids is 1. The summed E-state index contributed by atoms with van der Waals surface area (Å²) >= 11 is 1.09. The van der Waals surface area contributed by atoms with Gasteiger partial charge in [0.25, 0.3) is 10.0 Å². The Morgan fingerprint density at radius 3 is 2.91 bits per heavy atom. The number of nitrogens with one attached hydrogen (secondary N) is 2. The Morgan fingerprint density at radius 2 is 2.17 bits per heavy atom. The fourth-order valence-electron chi connectivity index (χ4n) is 2.63. The molecule has 8 heteroatoms. The zero-order chi connectivity index (χ0) is 16.4. The molecule has 1 aliphatic carbocycles. The first kappa shape index (κ1) is 16.1. The maximum absolute atomic E-state index is 13.2. The van der Waals surface area contributed by atoms with Gasteiger partial charge in [-0.1, -0.05) is 12.1 Å². The summed E-state index contributed by atoms with van der Waals surface area (Å²) in [6, 6.07) is 7.41. The van der Waals surface area contributed by atoms with Crippen molar-refractivity contribution in [1.82, 2.24) is 10.0 Å². The minimum Gasteiger partial charge on any atom is -0.348 e. The second-order valence-corrected chi connectivity index (χ2v) is 8.20. The van der Waals surface area contributed by atoms with Crippen LogP contribution in [0, 0.1) is 5.82 Å². The Morgan fingerprint density at radius 1 is 1.35 bits per heavy atom. The summed E-state index contributed by atoms with van der Waals surface area (Å²) in [4.78, 5) is 12.0. The van der Waals surface area contributed by atoms with Crippen molar-refractivity contribution in [2.45, 2.75) is 23.1 Å². The van der Waals surface area contributed by atoms with Crippen molar-refractivity contribution in [2.24, 2.45) is 0 Å². The molecule has 0 radical (unpaired) electrons. The lowest BCUT2D eigenvalue weighted by Crippen LogP contribution is -2.38. The lowest BCUT2D eigenvalue weighted by atomic mass is 10.1. The molecule has 1 amide bonds. The predicted octanol–water partition coefficient (Wildman–Crippen LogP) is 1.97. The lowest BCUT2D eigenvalue weighted by Gasteiger charge is -2.14. The van der Waals surface area contributed by atoms with Crippen LogP contribution >= 0.6 is 11.3 Å². The first-order chi connectivity index (χ1) is 11.0. The van der Waals surface area contributed by atoms with Gasteiger partial charge in [-0.05, 0) is 47.5 Å². The first-order valence-electron chi connectivity index (χ1n) is 7.06. The number of amides is 1. The van der Waals surface area contributed by atoms with E-state index in [-0.39, 0.29) is 22.6 Å². The molecule has 1 aliphatic rings. The number of aryl methyl sites for hydroxylation is 1. The van der Waals surface area contributed by atoms with Gasteiger partial charge >= 0.3 is 0 Å². The Bertz CT molecular complexity index is 819. The highest BCUT2D eigenvalue weighted by Gasteiger charge is 2.25. The largest absolute Gasteiger partial charge is 0.348 e. The molecule has 5 nitrogen and oxygen atoms in total. The van der Waals surface area contributed by atoms with Crippen LogP contribution in [0.2, 0.25) is 0 Å². The van der Waals surface area contributed by atoms with E-state index in [1.807, 2.05) is 0 Å². The molecule has 0 bridgehead atoms. The number of carbonyl (C=O) groups is 1. The van der Waals surface area contributed by atoms with Crippen molar-refractivity contribution in [3.8, 4) is 0 Å². The van der Waals surface area contributed by atoms with Gasteiger partial charge in [0, 0.05) is 0 Å². The standard InChI is InChI=1S/C15H15FN2O3S2/c16-11-4-5-12-10(8-11)3-6-13(12)18-14(19)9-17-23(20,21)15-2-1-7-22-15/h1-2,4-5,7-8,13,17H,3,6,9H2,(H,18,19). The highest BCUT2D eigenvalue weighted by Crippen LogP contribution is 2.31. The summed E-state index contributed by atoms with van der Waals surface area (Å²) in [6.07, 6.45) is 1.38. The molecule has 2 aromatic rings. The lowest BCUT2D eigenvalue weighted by molar-refractivity contribution is -0.120. The van der Waals surface area contributed by atoms with Gasteiger partial charge in [0.2, 0.25) is 5.91 Å². The fraction of sp³-hybridized carbons (Fsp3) is 0.267. The van der Waals surface area contributed by atoms with E-state index < -0.39 is 15.9 Å². The molecule has 122 valence electrons. The molecular weight excluding hydrogens is 339 g/mol. The van der Waals surface area contributed by atoms with Gasteiger partial charge in [-0.3, -0.25) is 4.79 Å². The highest BCUT2D eigenvalue weighted by molar-refractivity contribution is 7.91. The molecule has 1 aromatic carbocycles. The molecule has 1 aromatic heterocycles. The van der Waals surface area contributed by atoms with Gasteiger partial charge in [-0.25, -0.2) is 17.5 Å². The summed E-state index contributed by atoms with van der Waals surface area (Å²) in [6.45, 7) is -0.326. The van der Waals surface area contributed by atoms with Gasteiger partial charge in [0.15, 0.2) is 0 Å². The number of benzene rings is 1. The van der Waals surface area contributed by atoms with Gasteiger partial charge in [-0.2, -0.15) is 0 Å². The Balaban J connectivity index is 1.59. The van der Waals surface area contributed by atoms with Crippen LogP contribution in [0.15, 0.2) is 39.9 Å². The molecule has 3 rings (SSSR count). The molecule has 0 saturated heterocycles. The van der Waals surface area contributed by atoms with Crippen LogP contribution in [0.5, 0.6) is 0 Å². The summed E-state index contributed by atoms with van der Waals surface area (Å²) in [7, 11) is -3.65. The van der Waals surface area contributed by atoms with E-state index >= 15 is 0 Å². The van der Waals surface area contributed by atoms with E-state index in [1.54, 1.807) is 17.5 Å². The van der Waals surface area contributed by atoms with E-state index in [0.717, 1.165) is 22.5 Å². The van der Waals surface area contributed by atoms with Gasteiger partial charge in [-0.15, -0.1) is 11.3 Å². The average molecular weight is 354 g/mol. The second kappa shape index (κ2) is 6.38. The highest BCUT2D eigenvalue weighted by atomic mass is 32.2. The van der Waals surface area contributed by atoms with Crippen LogP contribution < -0.4 is 10.0 Å². The molecule has 0 aliphatic heterocycles. The number of thiophene rings is 1. The smallest absolute Gasteiger partial charge is 0.250 e. The number of fused-ring (bicyclic) bond motifs is 1. The SMILES string of the molecule is O=C(CNS(=O)(=O)c1cccs1)NC1CCc2cc(F)ccc21. The zero-order valence-corrected chi connectivity index (χ0v) is 13.7. The minimum absolute atomic E-state index is 0.173. The summed E-state index contributed by atoms with van der Waals surface area (Å²) in [5.41, 5.74) is 1.77. The van der Waals surface area contributed by atoms with E-state index in [9.17, 15) is 17.6 Å². The molecule has 1 unspecified atom stereocenters. The van der Waals surface area contributed by atoms with Crippen LogP contribution in [0.25, 0.3) is 0 Å². The van der Waals surface area contributed by atoms with Crippen LogP contribution in [-0.4, -0.2) is 20.9 Å². The summed E-state index contributed by atoms with van der Waals surface area (Å²) in [5, 5.41) is 4.44. The summed E-state index contributed by atoms with van der Waals surface area (Å²) < 4.78 is 39.5. The number of hydrogen-bond acceptors (Lipinski definition) is 4. The van der Waals surface area contributed by atoms with E-state index in [0.29, 0.717) is 12.8 Å². The third-order valence-electron chi connectivity index (χ3n) is 3.70.